The first kappa shape index (κ1) is 15.7. The van der Waals surface area contributed by atoms with E-state index in [0.717, 1.165) is 12.8 Å². The first-order valence-electron chi connectivity index (χ1n) is 5.49. The van der Waals surface area contributed by atoms with E-state index in [0.29, 0.717) is 13.2 Å². The topological polar surface area (TPSA) is 108 Å². The molecule has 7 nitrogen and oxygen atoms in total. The second-order valence-corrected chi connectivity index (χ2v) is 3.53. The molecule has 4 N–H and O–H groups in total. The molecule has 0 rings (SSSR count). The second kappa shape index (κ2) is 9.86. The van der Waals surface area contributed by atoms with Crippen molar-refractivity contribution in [1.82, 2.24) is 10.6 Å². The lowest BCUT2D eigenvalue weighted by molar-refractivity contribution is -0.146. The lowest BCUT2D eigenvalue weighted by Gasteiger charge is -2.08. The number of amides is 2. The van der Waals surface area contributed by atoms with Gasteiger partial charge in [-0.25, -0.2) is 9.59 Å². The van der Waals surface area contributed by atoms with Gasteiger partial charge in [0.25, 0.3) is 0 Å². The Kier molecular flexibility index (Phi) is 9.08. The van der Waals surface area contributed by atoms with E-state index in [1.54, 1.807) is 7.11 Å². The smallest absolute Gasteiger partial charge is 0.332 e. The summed E-state index contributed by atoms with van der Waals surface area (Å²) in [6, 6.07) is -0.361. The lowest BCUT2D eigenvalue weighted by Crippen LogP contribution is -2.38. The van der Waals surface area contributed by atoms with Gasteiger partial charge in [0.15, 0.2) is 6.10 Å². The van der Waals surface area contributed by atoms with Gasteiger partial charge in [-0.3, -0.25) is 0 Å². The van der Waals surface area contributed by atoms with Gasteiger partial charge < -0.3 is 25.6 Å². The average Bonchev–Trinajstić information content (AvgIpc) is 2.28. The maximum absolute atomic E-state index is 11.1. The Morgan fingerprint density at radius 3 is 2.47 bits per heavy atom. The molecule has 100 valence electrons. The number of carbonyl (C=O) groups is 2. The molecular formula is C10H20N2O5. The first-order chi connectivity index (χ1) is 8.07. The SMILES string of the molecule is COCCCCNC(=O)NCCC(O)C(=O)O. The van der Waals surface area contributed by atoms with Gasteiger partial charge >= 0.3 is 12.0 Å². The third-order valence-corrected chi connectivity index (χ3v) is 2.05. The van der Waals surface area contributed by atoms with Crippen LogP contribution >= 0.6 is 0 Å². The van der Waals surface area contributed by atoms with Crippen molar-refractivity contribution >= 4 is 12.0 Å². The summed E-state index contributed by atoms with van der Waals surface area (Å²) < 4.78 is 4.85. The fourth-order valence-corrected chi connectivity index (χ4v) is 1.08. The molecule has 1 atom stereocenters. The summed E-state index contributed by atoms with van der Waals surface area (Å²) in [6.07, 6.45) is 0.247. The van der Waals surface area contributed by atoms with Crippen LogP contribution in [-0.4, -0.2) is 55.1 Å². The Labute approximate surface area is 100 Å². The van der Waals surface area contributed by atoms with Crippen molar-refractivity contribution < 1.29 is 24.5 Å². The Morgan fingerprint density at radius 2 is 1.88 bits per heavy atom. The summed E-state index contributed by atoms with van der Waals surface area (Å²) in [5, 5.41) is 22.4. The lowest BCUT2D eigenvalue weighted by atomic mass is 10.2. The number of aliphatic hydroxyl groups is 1. The van der Waals surface area contributed by atoms with E-state index in [-0.39, 0.29) is 19.0 Å². The van der Waals surface area contributed by atoms with Crippen molar-refractivity contribution in [2.45, 2.75) is 25.4 Å². The van der Waals surface area contributed by atoms with E-state index < -0.39 is 12.1 Å². The van der Waals surface area contributed by atoms with E-state index in [2.05, 4.69) is 10.6 Å². The van der Waals surface area contributed by atoms with Crippen LogP contribution < -0.4 is 10.6 Å². The quantitative estimate of drug-likeness (QED) is 0.413. The summed E-state index contributed by atoms with van der Waals surface area (Å²) in [4.78, 5) is 21.4. The molecule has 0 heterocycles. The van der Waals surface area contributed by atoms with E-state index in [1.165, 1.54) is 0 Å². The van der Waals surface area contributed by atoms with Crippen LogP contribution in [0.2, 0.25) is 0 Å². The normalized spacial score (nSPS) is 11.9. The van der Waals surface area contributed by atoms with Crippen LogP contribution in [0.3, 0.4) is 0 Å². The molecule has 0 saturated carbocycles. The summed E-state index contributed by atoms with van der Waals surface area (Å²) in [7, 11) is 1.62. The fraction of sp³-hybridized carbons (Fsp3) is 0.800. The highest BCUT2D eigenvalue weighted by Crippen LogP contribution is 1.89. The van der Waals surface area contributed by atoms with E-state index in [4.69, 9.17) is 14.9 Å². The van der Waals surface area contributed by atoms with Gasteiger partial charge in [-0.2, -0.15) is 0 Å². The zero-order valence-electron chi connectivity index (χ0n) is 9.94. The van der Waals surface area contributed by atoms with Crippen LogP contribution in [0.25, 0.3) is 0 Å². The maximum atomic E-state index is 11.1. The molecule has 0 spiro atoms. The zero-order valence-corrected chi connectivity index (χ0v) is 9.94. The van der Waals surface area contributed by atoms with Gasteiger partial charge in [-0.15, -0.1) is 0 Å². The fourth-order valence-electron chi connectivity index (χ4n) is 1.08. The highest BCUT2D eigenvalue weighted by Gasteiger charge is 2.12. The Balaban J connectivity index is 3.38. The number of rotatable bonds is 9. The highest BCUT2D eigenvalue weighted by molar-refractivity contribution is 5.74. The maximum Gasteiger partial charge on any atom is 0.332 e. The molecule has 0 aromatic carbocycles. The van der Waals surface area contributed by atoms with Crippen molar-refractivity contribution in [3.05, 3.63) is 0 Å². The Morgan fingerprint density at radius 1 is 1.24 bits per heavy atom. The third-order valence-electron chi connectivity index (χ3n) is 2.05. The predicted octanol–water partition coefficient (Wildman–Crippen LogP) is -0.452. The van der Waals surface area contributed by atoms with Gasteiger partial charge in [-0.05, 0) is 12.8 Å². The molecule has 0 bridgehead atoms. The summed E-state index contributed by atoms with van der Waals surface area (Å²) >= 11 is 0. The molecule has 7 heteroatoms. The van der Waals surface area contributed by atoms with Crippen LogP contribution in [0.1, 0.15) is 19.3 Å². The number of hydrogen-bond acceptors (Lipinski definition) is 4. The van der Waals surface area contributed by atoms with Crippen LogP contribution in [-0.2, 0) is 9.53 Å². The van der Waals surface area contributed by atoms with Gasteiger partial charge in [0.1, 0.15) is 0 Å². The predicted molar refractivity (Wildman–Crippen MR) is 60.8 cm³/mol. The minimum Gasteiger partial charge on any atom is -0.479 e. The summed E-state index contributed by atoms with van der Waals surface area (Å²) in [5.74, 6) is -1.29. The van der Waals surface area contributed by atoms with Gasteiger partial charge in [0.05, 0.1) is 0 Å². The number of hydrogen-bond donors (Lipinski definition) is 4. The molecule has 0 radical (unpaired) electrons. The minimum absolute atomic E-state index is 0.00751. The number of carbonyl (C=O) groups excluding carboxylic acids is 1. The molecule has 0 aliphatic carbocycles. The molecule has 0 aromatic rings. The molecule has 0 aliphatic rings. The Bertz CT molecular complexity index is 235. The van der Waals surface area contributed by atoms with Crippen LogP contribution in [0.15, 0.2) is 0 Å². The van der Waals surface area contributed by atoms with E-state index in [1.807, 2.05) is 0 Å². The standard InChI is InChI=1S/C10H20N2O5/c1-17-7-3-2-5-11-10(16)12-6-4-8(13)9(14)15/h8,13H,2-7H2,1H3,(H,14,15)(H2,11,12,16). The molecule has 1 unspecified atom stereocenters. The number of methoxy groups -OCH3 is 1. The number of nitrogens with one attached hydrogen (secondary N) is 2. The average molecular weight is 248 g/mol. The van der Waals surface area contributed by atoms with Crippen LogP contribution in [0, 0.1) is 0 Å². The molecule has 17 heavy (non-hydrogen) atoms. The van der Waals surface area contributed by atoms with Crippen molar-refractivity contribution in [2.24, 2.45) is 0 Å². The van der Waals surface area contributed by atoms with Crippen molar-refractivity contribution in [2.75, 3.05) is 26.8 Å². The zero-order chi connectivity index (χ0) is 13.1. The minimum atomic E-state index is -1.43. The number of unbranched alkanes of at least 4 members (excludes halogenated alkanes) is 1. The van der Waals surface area contributed by atoms with Gasteiger partial charge in [0, 0.05) is 33.2 Å². The van der Waals surface area contributed by atoms with Crippen molar-refractivity contribution in [1.29, 1.82) is 0 Å². The Hall–Kier alpha value is -1.34. The molecule has 2 amide bonds. The van der Waals surface area contributed by atoms with Crippen LogP contribution in [0.5, 0.6) is 0 Å². The van der Waals surface area contributed by atoms with Crippen LogP contribution in [0.4, 0.5) is 4.79 Å². The van der Waals surface area contributed by atoms with E-state index in [9.17, 15) is 9.59 Å². The van der Waals surface area contributed by atoms with Gasteiger partial charge in [0.2, 0.25) is 0 Å². The molecule has 0 saturated heterocycles. The largest absolute Gasteiger partial charge is 0.479 e. The molecule has 0 aromatic heterocycles. The van der Waals surface area contributed by atoms with Gasteiger partial charge in [-0.1, -0.05) is 0 Å². The number of carboxylic acid groups (broad SMARTS) is 1. The van der Waals surface area contributed by atoms with E-state index >= 15 is 0 Å². The van der Waals surface area contributed by atoms with Crippen molar-refractivity contribution in [3.63, 3.8) is 0 Å². The number of urea groups is 1. The number of aliphatic hydroxyl groups excluding tert-OH is 1. The van der Waals surface area contributed by atoms with Crippen molar-refractivity contribution in [3.8, 4) is 0 Å². The summed E-state index contributed by atoms with van der Waals surface area (Å²) in [5.41, 5.74) is 0. The molecular weight excluding hydrogens is 228 g/mol. The summed E-state index contributed by atoms with van der Waals surface area (Å²) in [6.45, 7) is 1.32. The number of aliphatic carboxylic acids is 1. The molecule has 0 fully saturated rings. The first-order valence-corrected chi connectivity index (χ1v) is 5.49. The number of carboxylic acids is 1. The highest BCUT2D eigenvalue weighted by atomic mass is 16.5. The molecule has 0 aliphatic heterocycles. The number of ether oxygens (including phenoxy) is 1. The third kappa shape index (κ3) is 9.58. The monoisotopic (exact) mass is 248 g/mol. The second-order valence-electron chi connectivity index (χ2n) is 3.53.